The van der Waals surface area contributed by atoms with E-state index < -0.39 is 0 Å². The first-order chi connectivity index (χ1) is 9.20. The molecule has 1 saturated carbocycles. The zero-order valence-corrected chi connectivity index (χ0v) is 12.2. The first-order valence-electron chi connectivity index (χ1n) is 7.66. The first-order valence-corrected chi connectivity index (χ1v) is 7.66. The number of hydrogen-bond acceptors (Lipinski definition) is 1. The standard InChI is InChI=1S/C17H26FN/c1-3-19-12-16(14-6-4-5-7-14)10-15-11-17(18)9-8-13(15)2/h8-9,11,14,16,19H,3-7,10,12H2,1-2H3. The molecule has 2 rings (SSSR count). The number of nitrogens with one attached hydrogen (secondary N) is 1. The molecule has 1 unspecified atom stereocenters. The molecule has 1 nitrogen and oxygen atoms in total. The van der Waals surface area contributed by atoms with Gasteiger partial charge in [0.2, 0.25) is 0 Å². The van der Waals surface area contributed by atoms with Crippen molar-refractivity contribution >= 4 is 0 Å². The van der Waals surface area contributed by atoms with Gasteiger partial charge in [0, 0.05) is 0 Å². The average Bonchev–Trinajstić information content (AvgIpc) is 2.92. The lowest BCUT2D eigenvalue weighted by Crippen LogP contribution is -2.29. The van der Waals surface area contributed by atoms with E-state index in [1.165, 1.54) is 36.8 Å². The van der Waals surface area contributed by atoms with Crippen LogP contribution in [0.5, 0.6) is 0 Å². The van der Waals surface area contributed by atoms with Crippen molar-refractivity contribution in [1.29, 1.82) is 0 Å². The molecule has 0 aliphatic heterocycles. The van der Waals surface area contributed by atoms with Crippen LogP contribution in [-0.4, -0.2) is 13.1 Å². The zero-order valence-electron chi connectivity index (χ0n) is 12.2. The lowest BCUT2D eigenvalue weighted by molar-refractivity contribution is 0.322. The molecular formula is C17H26FN. The molecule has 0 bridgehead atoms. The van der Waals surface area contributed by atoms with Crippen molar-refractivity contribution in [3.8, 4) is 0 Å². The molecule has 0 radical (unpaired) electrons. The van der Waals surface area contributed by atoms with E-state index in [0.717, 1.165) is 25.4 Å². The minimum Gasteiger partial charge on any atom is -0.317 e. The Bertz CT molecular complexity index is 396. The summed E-state index contributed by atoms with van der Waals surface area (Å²) in [6.07, 6.45) is 6.46. The van der Waals surface area contributed by atoms with E-state index in [0.29, 0.717) is 5.92 Å². The van der Waals surface area contributed by atoms with Gasteiger partial charge in [-0.2, -0.15) is 0 Å². The van der Waals surface area contributed by atoms with Crippen LogP contribution in [-0.2, 0) is 6.42 Å². The van der Waals surface area contributed by atoms with Crippen LogP contribution in [0, 0.1) is 24.6 Å². The fourth-order valence-electron chi connectivity index (χ4n) is 3.31. The Morgan fingerprint density at radius 2 is 2.05 bits per heavy atom. The van der Waals surface area contributed by atoms with Crippen LogP contribution in [0.3, 0.4) is 0 Å². The smallest absolute Gasteiger partial charge is 0.123 e. The summed E-state index contributed by atoms with van der Waals surface area (Å²) in [5.41, 5.74) is 2.41. The highest BCUT2D eigenvalue weighted by Crippen LogP contribution is 2.33. The van der Waals surface area contributed by atoms with E-state index >= 15 is 0 Å². The van der Waals surface area contributed by atoms with Gasteiger partial charge >= 0.3 is 0 Å². The minimum atomic E-state index is -0.103. The Morgan fingerprint density at radius 1 is 1.32 bits per heavy atom. The molecule has 1 aromatic carbocycles. The summed E-state index contributed by atoms with van der Waals surface area (Å²) in [7, 11) is 0. The zero-order chi connectivity index (χ0) is 13.7. The average molecular weight is 263 g/mol. The molecule has 1 atom stereocenters. The number of aryl methyl sites for hydroxylation is 1. The lowest BCUT2D eigenvalue weighted by Gasteiger charge is -2.24. The van der Waals surface area contributed by atoms with Gasteiger partial charge in [-0.3, -0.25) is 0 Å². The number of halogens is 1. The van der Waals surface area contributed by atoms with Crippen molar-refractivity contribution in [3.63, 3.8) is 0 Å². The van der Waals surface area contributed by atoms with Gasteiger partial charge in [0.1, 0.15) is 5.82 Å². The summed E-state index contributed by atoms with van der Waals surface area (Å²) < 4.78 is 13.4. The van der Waals surface area contributed by atoms with Crippen LogP contribution in [0.15, 0.2) is 18.2 Å². The lowest BCUT2D eigenvalue weighted by atomic mass is 9.84. The molecule has 1 aromatic rings. The predicted octanol–water partition coefficient (Wildman–Crippen LogP) is 4.09. The van der Waals surface area contributed by atoms with Crippen LogP contribution in [0.4, 0.5) is 4.39 Å². The van der Waals surface area contributed by atoms with E-state index in [1.54, 1.807) is 12.1 Å². The van der Waals surface area contributed by atoms with Crippen LogP contribution in [0.2, 0.25) is 0 Å². The van der Waals surface area contributed by atoms with E-state index in [2.05, 4.69) is 19.2 Å². The van der Waals surface area contributed by atoms with Gasteiger partial charge in [0.05, 0.1) is 0 Å². The molecule has 0 amide bonds. The molecule has 0 heterocycles. The summed E-state index contributed by atoms with van der Waals surface area (Å²) in [5, 5.41) is 3.49. The summed E-state index contributed by atoms with van der Waals surface area (Å²) in [6, 6.07) is 5.19. The maximum Gasteiger partial charge on any atom is 0.123 e. The van der Waals surface area contributed by atoms with Crippen molar-refractivity contribution in [3.05, 3.63) is 35.1 Å². The van der Waals surface area contributed by atoms with Gasteiger partial charge in [-0.05, 0) is 61.5 Å². The number of rotatable bonds is 6. The third-order valence-electron chi connectivity index (χ3n) is 4.52. The normalized spacial score (nSPS) is 17.8. The van der Waals surface area contributed by atoms with Crippen molar-refractivity contribution < 1.29 is 4.39 Å². The maximum absolute atomic E-state index is 13.4. The predicted molar refractivity (Wildman–Crippen MR) is 78.8 cm³/mol. The second-order valence-electron chi connectivity index (χ2n) is 5.89. The monoisotopic (exact) mass is 263 g/mol. The molecule has 1 aliphatic carbocycles. The third-order valence-corrected chi connectivity index (χ3v) is 4.52. The second-order valence-corrected chi connectivity index (χ2v) is 5.89. The summed E-state index contributed by atoms with van der Waals surface area (Å²) in [4.78, 5) is 0. The van der Waals surface area contributed by atoms with E-state index in [-0.39, 0.29) is 5.82 Å². The Hall–Kier alpha value is -0.890. The number of benzene rings is 1. The highest BCUT2D eigenvalue weighted by Gasteiger charge is 2.25. The van der Waals surface area contributed by atoms with Crippen LogP contribution in [0.25, 0.3) is 0 Å². The molecule has 1 fully saturated rings. The Kier molecular flexibility index (Phi) is 5.38. The first kappa shape index (κ1) is 14.5. The van der Waals surface area contributed by atoms with Gasteiger partial charge in [0.15, 0.2) is 0 Å². The fraction of sp³-hybridized carbons (Fsp3) is 0.647. The summed E-state index contributed by atoms with van der Waals surface area (Å²) in [5.74, 6) is 1.37. The molecule has 106 valence electrons. The molecule has 0 saturated heterocycles. The Morgan fingerprint density at radius 3 is 2.74 bits per heavy atom. The van der Waals surface area contributed by atoms with Gasteiger partial charge in [-0.25, -0.2) is 4.39 Å². The van der Waals surface area contributed by atoms with E-state index in [4.69, 9.17) is 0 Å². The molecule has 0 aromatic heterocycles. The SMILES string of the molecule is CCNCC(Cc1cc(F)ccc1C)C1CCCC1. The van der Waals surface area contributed by atoms with Crippen LogP contribution >= 0.6 is 0 Å². The van der Waals surface area contributed by atoms with Gasteiger partial charge < -0.3 is 5.32 Å². The summed E-state index contributed by atoms with van der Waals surface area (Å²) in [6.45, 7) is 6.33. The molecule has 1 N–H and O–H groups in total. The Balaban J connectivity index is 2.07. The number of hydrogen-bond donors (Lipinski definition) is 1. The topological polar surface area (TPSA) is 12.0 Å². The van der Waals surface area contributed by atoms with Crippen molar-refractivity contribution in [2.45, 2.75) is 46.0 Å². The van der Waals surface area contributed by atoms with Crippen molar-refractivity contribution in [2.24, 2.45) is 11.8 Å². The largest absolute Gasteiger partial charge is 0.317 e. The summed E-state index contributed by atoms with van der Waals surface area (Å²) >= 11 is 0. The van der Waals surface area contributed by atoms with E-state index in [9.17, 15) is 4.39 Å². The maximum atomic E-state index is 13.4. The van der Waals surface area contributed by atoms with Gasteiger partial charge in [-0.15, -0.1) is 0 Å². The van der Waals surface area contributed by atoms with Crippen LogP contribution in [0.1, 0.15) is 43.7 Å². The highest BCUT2D eigenvalue weighted by molar-refractivity contribution is 5.27. The Labute approximate surface area is 116 Å². The van der Waals surface area contributed by atoms with Gasteiger partial charge in [-0.1, -0.05) is 38.7 Å². The van der Waals surface area contributed by atoms with Crippen molar-refractivity contribution in [2.75, 3.05) is 13.1 Å². The second kappa shape index (κ2) is 7.04. The molecule has 1 aliphatic rings. The molecule has 2 heteroatoms. The molecular weight excluding hydrogens is 237 g/mol. The quantitative estimate of drug-likeness (QED) is 0.815. The highest BCUT2D eigenvalue weighted by atomic mass is 19.1. The van der Waals surface area contributed by atoms with Gasteiger partial charge in [0.25, 0.3) is 0 Å². The fourth-order valence-corrected chi connectivity index (χ4v) is 3.31. The minimum absolute atomic E-state index is 0.103. The van der Waals surface area contributed by atoms with Crippen molar-refractivity contribution in [1.82, 2.24) is 5.32 Å². The van der Waals surface area contributed by atoms with Crippen LogP contribution < -0.4 is 5.32 Å². The van der Waals surface area contributed by atoms with E-state index in [1.807, 2.05) is 6.07 Å². The third kappa shape index (κ3) is 4.04. The molecule has 19 heavy (non-hydrogen) atoms. The molecule has 0 spiro atoms.